The van der Waals surface area contributed by atoms with Crippen molar-refractivity contribution < 1.29 is 0 Å². The Labute approximate surface area is 165 Å². The first kappa shape index (κ1) is 18.6. The highest BCUT2D eigenvalue weighted by atomic mass is 15.3. The second kappa shape index (κ2) is 8.12. The molecule has 0 saturated carbocycles. The molecule has 4 rings (SSSR count). The largest absolute Gasteiger partial charge is 0.383 e. The lowest BCUT2D eigenvalue weighted by atomic mass is 10.1. The fourth-order valence-corrected chi connectivity index (χ4v) is 3.69. The van der Waals surface area contributed by atoms with Crippen LogP contribution in [0.5, 0.6) is 0 Å². The van der Waals surface area contributed by atoms with Crippen LogP contribution in [0.25, 0.3) is 11.0 Å². The number of piperazine rings is 1. The third-order valence-electron chi connectivity index (χ3n) is 5.48. The van der Waals surface area contributed by atoms with Crippen LogP contribution in [0.2, 0.25) is 0 Å². The van der Waals surface area contributed by atoms with E-state index in [-0.39, 0.29) is 0 Å². The van der Waals surface area contributed by atoms with Crippen molar-refractivity contribution in [2.24, 2.45) is 7.05 Å². The van der Waals surface area contributed by atoms with Gasteiger partial charge in [0.15, 0.2) is 5.65 Å². The summed E-state index contributed by atoms with van der Waals surface area (Å²) >= 11 is 0. The molecule has 28 heavy (non-hydrogen) atoms. The van der Waals surface area contributed by atoms with Crippen LogP contribution in [0.15, 0.2) is 30.5 Å². The molecule has 0 aliphatic carbocycles. The van der Waals surface area contributed by atoms with Gasteiger partial charge in [0.1, 0.15) is 5.82 Å². The molecule has 3 aromatic rings. The van der Waals surface area contributed by atoms with E-state index in [4.69, 9.17) is 5.73 Å². The van der Waals surface area contributed by atoms with Gasteiger partial charge < -0.3 is 16.0 Å². The average molecular weight is 381 g/mol. The molecule has 148 valence electrons. The van der Waals surface area contributed by atoms with Gasteiger partial charge in [0, 0.05) is 46.3 Å². The first-order valence-electron chi connectivity index (χ1n) is 9.84. The predicted octanol–water partition coefficient (Wildman–Crippen LogP) is 1.70. The maximum Gasteiger partial charge on any atom is 0.226 e. The van der Waals surface area contributed by atoms with Gasteiger partial charge in [-0.2, -0.15) is 15.1 Å². The van der Waals surface area contributed by atoms with Crippen molar-refractivity contribution in [2.75, 3.05) is 43.8 Å². The molecule has 1 fully saturated rings. The number of benzene rings is 1. The van der Waals surface area contributed by atoms with E-state index in [1.54, 1.807) is 10.9 Å². The molecule has 0 unspecified atom stereocenters. The number of nitrogens with zero attached hydrogens (tertiary/aromatic N) is 6. The topological polar surface area (TPSA) is 88.1 Å². The van der Waals surface area contributed by atoms with Crippen LogP contribution in [0.3, 0.4) is 0 Å². The number of aromatic nitrogens is 4. The maximum absolute atomic E-state index is 6.06. The molecule has 0 amide bonds. The minimum Gasteiger partial charge on any atom is -0.383 e. The van der Waals surface area contributed by atoms with E-state index in [0.717, 1.165) is 50.3 Å². The van der Waals surface area contributed by atoms with Gasteiger partial charge in [0.05, 0.1) is 11.6 Å². The zero-order valence-corrected chi connectivity index (χ0v) is 16.6. The number of nitrogen functional groups attached to an aromatic ring is 1. The fraction of sp³-hybridized carbons (Fsp3) is 0.450. The van der Waals surface area contributed by atoms with E-state index in [0.29, 0.717) is 18.3 Å². The monoisotopic (exact) mass is 380 g/mol. The molecule has 8 heteroatoms. The molecule has 0 bridgehead atoms. The van der Waals surface area contributed by atoms with Crippen molar-refractivity contribution in [2.45, 2.75) is 20.0 Å². The standard InChI is InChI=1S/C20H28N8/c1-3-27-8-10-28(11-9-27)14-16-7-5-4-6-15(16)12-22-20-24-18(21)17-13-23-26(2)19(17)25-20/h4-7,13H,3,8-12,14H2,1-2H3,(H3,21,22,24,25). The summed E-state index contributed by atoms with van der Waals surface area (Å²) in [6.45, 7) is 9.53. The third kappa shape index (κ3) is 3.93. The Morgan fingerprint density at radius 3 is 2.50 bits per heavy atom. The van der Waals surface area contributed by atoms with Crippen molar-refractivity contribution in [3.63, 3.8) is 0 Å². The molecule has 2 aromatic heterocycles. The lowest BCUT2D eigenvalue weighted by molar-refractivity contribution is 0.131. The summed E-state index contributed by atoms with van der Waals surface area (Å²) in [7, 11) is 1.85. The Bertz CT molecular complexity index is 943. The van der Waals surface area contributed by atoms with Crippen molar-refractivity contribution in [1.82, 2.24) is 29.5 Å². The number of aryl methyl sites for hydroxylation is 1. The van der Waals surface area contributed by atoms with Crippen LogP contribution in [0, 0.1) is 0 Å². The molecule has 0 spiro atoms. The molecule has 0 radical (unpaired) electrons. The molecule has 1 aromatic carbocycles. The van der Waals surface area contributed by atoms with Crippen LogP contribution in [-0.4, -0.2) is 62.3 Å². The second-order valence-corrected chi connectivity index (χ2v) is 7.27. The van der Waals surface area contributed by atoms with Gasteiger partial charge in [-0.15, -0.1) is 0 Å². The van der Waals surface area contributed by atoms with Gasteiger partial charge in [-0.25, -0.2) is 0 Å². The van der Waals surface area contributed by atoms with Crippen LogP contribution in [0.1, 0.15) is 18.1 Å². The van der Waals surface area contributed by atoms with Gasteiger partial charge in [-0.1, -0.05) is 31.2 Å². The van der Waals surface area contributed by atoms with Crippen LogP contribution in [0.4, 0.5) is 11.8 Å². The minimum atomic E-state index is 0.447. The molecule has 1 saturated heterocycles. The van der Waals surface area contributed by atoms with E-state index >= 15 is 0 Å². The summed E-state index contributed by atoms with van der Waals surface area (Å²) in [6.07, 6.45) is 1.70. The Hall–Kier alpha value is -2.71. The van der Waals surface area contributed by atoms with E-state index < -0.39 is 0 Å². The van der Waals surface area contributed by atoms with Crippen molar-refractivity contribution in [3.8, 4) is 0 Å². The number of nitrogens with two attached hydrogens (primary N) is 1. The highest BCUT2D eigenvalue weighted by Crippen LogP contribution is 2.20. The van der Waals surface area contributed by atoms with Crippen LogP contribution >= 0.6 is 0 Å². The number of likely N-dealkylation sites (N-methyl/N-ethyl adjacent to an activating group) is 1. The highest BCUT2D eigenvalue weighted by Gasteiger charge is 2.16. The quantitative estimate of drug-likeness (QED) is 0.673. The summed E-state index contributed by atoms with van der Waals surface area (Å²) in [4.78, 5) is 14.0. The number of hydrogen-bond donors (Lipinski definition) is 2. The number of hydrogen-bond acceptors (Lipinski definition) is 7. The molecule has 1 aliphatic rings. The number of fused-ring (bicyclic) bond motifs is 1. The van der Waals surface area contributed by atoms with Gasteiger partial charge in [0.25, 0.3) is 0 Å². The zero-order chi connectivity index (χ0) is 19.5. The summed E-state index contributed by atoms with van der Waals surface area (Å²) < 4.78 is 1.71. The molecule has 8 nitrogen and oxygen atoms in total. The molecule has 0 atom stereocenters. The van der Waals surface area contributed by atoms with Crippen molar-refractivity contribution in [3.05, 3.63) is 41.6 Å². The summed E-state index contributed by atoms with van der Waals surface area (Å²) in [5.41, 5.74) is 9.39. The average Bonchev–Trinajstić information content (AvgIpc) is 3.09. The zero-order valence-electron chi connectivity index (χ0n) is 16.6. The first-order valence-corrected chi connectivity index (χ1v) is 9.84. The Kier molecular flexibility index (Phi) is 5.40. The van der Waals surface area contributed by atoms with E-state index in [1.165, 1.54) is 11.1 Å². The van der Waals surface area contributed by atoms with Gasteiger partial charge in [-0.3, -0.25) is 9.58 Å². The van der Waals surface area contributed by atoms with E-state index in [9.17, 15) is 0 Å². The second-order valence-electron chi connectivity index (χ2n) is 7.27. The Morgan fingerprint density at radius 2 is 1.75 bits per heavy atom. The first-order chi connectivity index (χ1) is 13.6. The molecular formula is C20H28N8. The smallest absolute Gasteiger partial charge is 0.226 e. The Balaban J connectivity index is 1.45. The lowest BCUT2D eigenvalue weighted by Gasteiger charge is -2.34. The fourth-order valence-electron chi connectivity index (χ4n) is 3.69. The molecular weight excluding hydrogens is 352 g/mol. The van der Waals surface area contributed by atoms with Gasteiger partial charge in [-0.05, 0) is 17.7 Å². The number of nitrogens with one attached hydrogen (secondary N) is 1. The highest BCUT2D eigenvalue weighted by molar-refractivity contribution is 5.86. The number of anilines is 2. The van der Waals surface area contributed by atoms with Crippen molar-refractivity contribution >= 4 is 22.8 Å². The van der Waals surface area contributed by atoms with E-state index in [1.807, 2.05) is 7.05 Å². The lowest BCUT2D eigenvalue weighted by Crippen LogP contribution is -2.45. The van der Waals surface area contributed by atoms with Crippen molar-refractivity contribution in [1.29, 1.82) is 0 Å². The summed E-state index contributed by atoms with van der Waals surface area (Å²) in [5, 5.41) is 8.32. The maximum atomic E-state index is 6.06. The van der Waals surface area contributed by atoms with Gasteiger partial charge in [0.2, 0.25) is 5.95 Å². The number of rotatable bonds is 6. The van der Waals surface area contributed by atoms with Gasteiger partial charge >= 0.3 is 0 Å². The van der Waals surface area contributed by atoms with E-state index in [2.05, 4.69) is 61.4 Å². The third-order valence-corrected chi connectivity index (χ3v) is 5.48. The van der Waals surface area contributed by atoms with Crippen LogP contribution in [-0.2, 0) is 20.1 Å². The SMILES string of the molecule is CCN1CCN(Cc2ccccc2CNc2nc(N)c3cnn(C)c3n2)CC1. The minimum absolute atomic E-state index is 0.447. The molecule has 1 aliphatic heterocycles. The molecule has 3 heterocycles. The Morgan fingerprint density at radius 1 is 1.04 bits per heavy atom. The van der Waals surface area contributed by atoms with Crippen LogP contribution < -0.4 is 11.1 Å². The summed E-state index contributed by atoms with van der Waals surface area (Å²) in [5.74, 6) is 0.975. The molecule has 3 N–H and O–H groups in total. The summed E-state index contributed by atoms with van der Waals surface area (Å²) in [6, 6.07) is 8.56. The normalized spacial score (nSPS) is 15.9. The predicted molar refractivity (Wildman–Crippen MR) is 112 cm³/mol.